The third-order valence-corrected chi connectivity index (χ3v) is 12.2. The average Bonchev–Trinajstić information content (AvgIpc) is 3.23. The van der Waals surface area contributed by atoms with Crippen molar-refractivity contribution in [2.24, 2.45) is 0 Å². The largest absolute Gasteiger partial charge is 0.338 e. The topological polar surface area (TPSA) is 6.48 Å². The SMILES string of the molecule is CCCC(C(CC)c1ccc(-c2ccc(N(c3ccc(F)cc3)C(C)(CC)CCC)cc2)cc1)N(c1ccc(C)cc1)c1ccc(-c2ccc(C(C)C)cc2)cc1. The highest BCUT2D eigenvalue weighted by atomic mass is 19.1. The van der Waals surface area contributed by atoms with Gasteiger partial charge in [0.05, 0.1) is 0 Å². The summed E-state index contributed by atoms with van der Waals surface area (Å²) in [4.78, 5) is 5.00. The van der Waals surface area contributed by atoms with Gasteiger partial charge in [-0.25, -0.2) is 4.39 Å². The van der Waals surface area contributed by atoms with Gasteiger partial charge < -0.3 is 9.80 Å². The molecule has 3 atom stereocenters. The van der Waals surface area contributed by atoms with Crippen LogP contribution in [0.4, 0.5) is 27.1 Å². The van der Waals surface area contributed by atoms with Gasteiger partial charge in [0, 0.05) is 40.2 Å². The molecular weight excluding hydrogens is 696 g/mol. The third-order valence-electron chi connectivity index (χ3n) is 12.2. The Morgan fingerprint density at radius 1 is 0.526 bits per heavy atom. The molecule has 296 valence electrons. The van der Waals surface area contributed by atoms with Crippen LogP contribution in [0, 0.1) is 12.7 Å². The van der Waals surface area contributed by atoms with E-state index < -0.39 is 0 Å². The van der Waals surface area contributed by atoms with Crippen molar-refractivity contribution in [3.63, 3.8) is 0 Å². The molecule has 0 saturated heterocycles. The van der Waals surface area contributed by atoms with Crippen molar-refractivity contribution in [2.75, 3.05) is 9.80 Å². The Bertz CT molecular complexity index is 2120. The van der Waals surface area contributed by atoms with Crippen LogP contribution in [0.1, 0.15) is 116 Å². The second kappa shape index (κ2) is 18.9. The summed E-state index contributed by atoms with van der Waals surface area (Å²) in [5.41, 5.74) is 13.4. The number of rotatable bonds is 17. The number of aryl methyl sites for hydroxylation is 1. The van der Waals surface area contributed by atoms with Gasteiger partial charge in [-0.15, -0.1) is 0 Å². The van der Waals surface area contributed by atoms with Crippen LogP contribution in [0.2, 0.25) is 0 Å². The molecule has 0 amide bonds. The number of hydrogen-bond acceptors (Lipinski definition) is 2. The second-order valence-corrected chi connectivity index (χ2v) is 16.5. The monoisotopic (exact) mass is 758 g/mol. The Balaban J connectivity index is 1.30. The molecule has 0 aliphatic rings. The molecule has 6 aromatic rings. The summed E-state index contributed by atoms with van der Waals surface area (Å²) in [6, 6.07) is 52.8. The van der Waals surface area contributed by atoms with E-state index in [4.69, 9.17) is 0 Å². The molecule has 0 aliphatic carbocycles. The molecule has 0 heterocycles. The first-order valence-corrected chi connectivity index (χ1v) is 21.4. The lowest BCUT2D eigenvalue weighted by Gasteiger charge is -2.43. The maximum Gasteiger partial charge on any atom is 0.123 e. The van der Waals surface area contributed by atoms with Crippen LogP contribution < -0.4 is 9.80 Å². The van der Waals surface area contributed by atoms with E-state index in [0.717, 1.165) is 49.9 Å². The van der Waals surface area contributed by atoms with Crippen LogP contribution in [-0.4, -0.2) is 11.6 Å². The van der Waals surface area contributed by atoms with Gasteiger partial charge in [-0.1, -0.05) is 145 Å². The highest BCUT2D eigenvalue weighted by molar-refractivity contribution is 5.73. The summed E-state index contributed by atoms with van der Waals surface area (Å²) in [6.45, 7) is 18.1. The van der Waals surface area contributed by atoms with Gasteiger partial charge in [0.2, 0.25) is 0 Å². The predicted octanol–water partition coefficient (Wildman–Crippen LogP) is 16.2. The third kappa shape index (κ3) is 9.53. The van der Waals surface area contributed by atoms with E-state index in [-0.39, 0.29) is 17.4 Å². The van der Waals surface area contributed by atoms with E-state index in [1.54, 1.807) is 12.1 Å². The zero-order valence-corrected chi connectivity index (χ0v) is 35.6. The number of nitrogens with zero attached hydrogens (tertiary/aromatic N) is 2. The Morgan fingerprint density at radius 3 is 1.37 bits per heavy atom. The minimum absolute atomic E-state index is 0.0892. The van der Waals surface area contributed by atoms with E-state index in [2.05, 4.69) is 187 Å². The number of hydrogen-bond donors (Lipinski definition) is 0. The number of halogens is 1. The molecule has 0 radical (unpaired) electrons. The van der Waals surface area contributed by atoms with Gasteiger partial charge in [0.1, 0.15) is 5.82 Å². The maximum absolute atomic E-state index is 14.0. The summed E-state index contributed by atoms with van der Waals surface area (Å²) in [5.74, 6) is 0.645. The van der Waals surface area contributed by atoms with E-state index in [9.17, 15) is 4.39 Å². The molecule has 0 N–H and O–H groups in total. The van der Waals surface area contributed by atoms with Crippen molar-refractivity contribution in [3.8, 4) is 22.3 Å². The molecule has 0 aliphatic heterocycles. The average molecular weight is 759 g/mol. The highest BCUT2D eigenvalue weighted by Gasteiger charge is 2.32. The van der Waals surface area contributed by atoms with E-state index >= 15 is 0 Å². The van der Waals surface area contributed by atoms with Crippen LogP contribution in [0.25, 0.3) is 22.3 Å². The van der Waals surface area contributed by atoms with Gasteiger partial charge in [-0.3, -0.25) is 0 Å². The Labute approximate surface area is 343 Å². The van der Waals surface area contributed by atoms with Crippen LogP contribution in [0.3, 0.4) is 0 Å². The van der Waals surface area contributed by atoms with E-state index in [1.807, 2.05) is 12.1 Å². The molecule has 3 unspecified atom stereocenters. The molecule has 6 rings (SSSR count). The number of anilines is 4. The molecule has 6 aromatic carbocycles. The van der Waals surface area contributed by atoms with E-state index in [0.29, 0.717) is 11.8 Å². The Morgan fingerprint density at radius 2 is 0.947 bits per heavy atom. The summed E-state index contributed by atoms with van der Waals surface area (Å²) in [5, 5.41) is 0. The van der Waals surface area contributed by atoms with E-state index in [1.165, 1.54) is 50.3 Å². The predicted molar refractivity (Wildman–Crippen MR) is 245 cm³/mol. The molecule has 0 fully saturated rings. The van der Waals surface area contributed by atoms with Gasteiger partial charge in [-0.05, 0) is 139 Å². The fourth-order valence-electron chi connectivity index (χ4n) is 8.72. The molecule has 0 spiro atoms. The lowest BCUT2D eigenvalue weighted by molar-refractivity contribution is 0.405. The quantitative estimate of drug-likeness (QED) is 0.0914. The molecule has 0 aromatic heterocycles. The summed E-state index contributed by atoms with van der Waals surface area (Å²) < 4.78 is 14.0. The molecule has 2 nitrogen and oxygen atoms in total. The zero-order valence-electron chi connectivity index (χ0n) is 35.6. The van der Waals surface area contributed by atoms with Crippen LogP contribution in [-0.2, 0) is 0 Å². The number of benzene rings is 6. The van der Waals surface area contributed by atoms with Gasteiger partial charge in [0.15, 0.2) is 0 Å². The summed E-state index contributed by atoms with van der Waals surface area (Å²) in [6.07, 6.45) is 6.31. The fraction of sp³-hybridized carbons (Fsp3) is 0.333. The van der Waals surface area contributed by atoms with Gasteiger partial charge >= 0.3 is 0 Å². The van der Waals surface area contributed by atoms with Crippen LogP contribution in [0.5, 0.6) is 0 Å². The van der Waals surface area contributed by atoms with Crippen molar-refractivity contribution in [1.82, 2.24) is 0 Å². The first-order valence-electron chi connectivity index (χ1n) is 21.4. The fourth-order valence-corrected chi connectivity index (χ4v) is 8.72. The molecule has 3 heteroatoms. The van der Waals surface area contributed by atoms with Crippen molar-refractivity contribution in [2.45, 2.75) is 117 Å². The van der Waals surface area contributed by atoms with Gasteiger partial charge in [0.25, 0.3) is 0 Å². The first-order chi connectivity index (χ1) is 27.6. The molecule has 57 heavy (non-hydrogen) atoms. The molecule has 0 bridgehead atoms. The Hall–Kier alpha value is -5.15. The summed E-state index contributed by atoms with van der Waals surface area (Å²) in [7, 11) is 0. The second-order valence-electron chi connectivity index (χ2n) is 16.5. The zero-order chi connectivity index (χ0) is 40.5. The smallest absolute Gasteiger partial charge is 0.123 e. The standard InChI is InChI=1S/C54H63FN2/c1-9-13-53(56(48-30-14-40(7)15-31-48)49-32-24-44(25-33-49)42-18-16-41(17-19-42)39(5)6)52(11-3)46-22-20-43(21-23-46)45-26-34-50(35-27-45)57(54(8,12-4)38-10-2)51-36-28-47(55)29-37-51/h14-37,39,52-53H,9-13,38H2,1-8H3. The lowest BCUT2D eigenvalue weighted by Crippen LogP contribution is -2.43. The first kappa shape index (κ1) is 41.5. The lowest BCUT2D eigenvalue weighted by atomic mass is 9.84. The minimum Gasteiger partial charge on any atom is -0.338 e. The van der Waals surface area contributed by atoms with Crippen molar-refractivity contribution in [1.29, 1.82) is 0 Å². The Kier molecular flexibility index (Phi) is 13.7. The summed E-state index contributed by atoms with van der Waals surface area (Å²) >= 11 is 0. The molecule has 0 saturated carbocycles. The van der Waals surface area contributed by atoms with Crippen LogP contribution in [0.15, 0.2) is 146 Å². The normalized spacial score (nSPS) is 13.6. The van der Waals surface area contributed by atoms with Crippen molar-refractivity contribution >= 4 is 22.7 Å². The van der Waals surface area contributed by atoms with Crippen molar-refractivity contribution in [3.05, 3.63) is 168 Å². The maximum atomic E-state index is 14.0. The van der Waals surface area contributed by atoms with Crippen LogP contribution >= 0.6 is 0 Å². The van der Waals surface area contributed by atoms with Gasteiger partial charge in [-0.2, -0.15) is 0 Å². The van der Waals surface area contributed by atoms with Crippen molar-refractivity contribution < 1.29 is 4.39 Å². The highest BCUT2D eigenvalue weighted by Crippen LogP contribution is 2.41. The molecular formula is C54H63FN2. The minimum atomic E-state index is -0.210.